The molecule has 0 amide bonds. The van der Waals surface area contributed by atoms with E-state index in [1.807, 2.05) is 54.6 Å². The van der Waals surface area contributed by atoms with Gasteiger partial charge in [-0.15, -0.1) is 6.58 Å². The number of hydrogen-bond donors (Lipinski definition) is 2. The summed E-state index contributed by atoms with van der Waals surface area (Å²) in [6.07, 6.45) is 1.66. The van der Waals surface area contributed by atoms with E-state index in [0.717, 1.165) is 57.6 Å². The third-order valence-corrected chi connectivity index (χ3v) is 5.60. The Morgan fingerprint density at radius 3 is 2.71 bits per heavy atom. The molecule has 2 aromatic rings. The SMILES string of the molecule is C=CCOCCOC(=O)c1ccccc1-c1c2ccc(=[NH+]CC)cc-2oc2cc(NCC)ccc12. The minimum absolute atomic E-state index is 0.171. The van der Waals surface area contributed by atoms with Crippen LogP contribution in [0.25, 0.3) is 33.4 Å². The van der Waals surface area contributed by atoms with Crippen molar-refractivity contribution in [3.8, 4) is 22.5 Å². The smallest absolute Gasteiger partial charge is 0.338 e. The van der Waals surface area contributed by atoms with Gasteiger partial charge in [-0.1, -0.05) is 24.3 Å². The lowest BCUT2D eigenvalue weighted by Crippen LogP contribution is -2.75. The number of esters is 1. The zero-order valence-corrected chi connectivity index (χ0v) is 20.2. The molecule has 4 rings (SSSR count). The van der Waals surface area contributed by atoms with Gasteiger partial charge in [-0.3, -0.25) is 0 Å². The predicted molar refractivity (Wildman–Crippen MR) is 138 cm³/mol. The first-order valence-corrected chi connectivity index (χ1v) is 11.9. The summed E-state index contributed by atoms with van der Waals surface area (Å²) in [7, 11) is 0. The molecule has 0 bridgehead atoms. The van der Waals surface area contributed by atoms with Gasteiger partial charge in [-0.05, 0) is 43.7 Å². The molecule has 0 saturated heterocycles. The van der Waals surface area contributed by atoms with Gasteiger partial charge in [0.25, 0.3) is 0 Å². The summed E-state index contributed by atoms with van der Waals surface area (Å²) in [5, 5.41) is 5.24. The summed E-state index contributed by atoms with van der Waals surface area (Å²) < 4.78 is 17.2. The van der Waals surface area contributed by atoms with Crippen LogP contribution in [0.4, 0.5) is 5.69 Å². The van der Waals surface area contributed by atoms with Crippen LogP contribution in [0.5, 0.6) is 0 Å². The van der Waals surface area contributed by atoms with Crippen LogP contribution in [0.2, 0.25) is 0 Å². The molecule has 180 valence electrons. The summed E-state index contributed by atoms with van der Waals surface area (Å²) in [6, 6.07) is 19.7. The first kappa shape index (κ1) is 24.2. The lowest BCUT2D eigenvalue weighted by atomic mass is 9.90. The number of carbonyl (C=O) groups excluding carboxylic acids is 1. The molecule has 0 aromatic heterocycles. The Morgan fingerprint density at radius 2 is 1.91 bits per heavy atom. The van der Waals surface area contributed by atoms with E-state index in [4.69, 9.17) is 13.9 Å². The number of carbonyl (C=O) groups is 1. The predicted octanol–water partition coefficient (Wildman–Crippen LogP) is 4.00. The highest BCUT2D eigenvalue weighted by Gasteiger charge is 2.22. The van der Waals surface area contributed by atoms with Gasteiger partial charge >= 0.3 is 5.97 Å². The molecule has 6 nitrogen and oxygen atoms in total. The first-order chi connectivity index (χ1) is 17.2. The average Bonchev–Trinajstić information content (AvgIpc) is 2.87. The van der Waals surface area contributed by atoms with E-state index in [9.17, 15) is 4.79 Å². The third-order valence-electron chi connectivity index (χ3n) is 5.60. The Morgan fingerprint density at radius 1 is 1.06 bits per heavy atom. The Hall–Kier alpha value is -3.90. The summed E-state index contributed by atoms with van der Waals surface area (Å²) in [5.41, 5.74) is 4.86. The van der Waals surface area contributed by atoms with Crippen molar-refractivity contribution in [1.82, 2.24) is 0 Å². The monoisotopic (exact) mass is 471 g/mol. The van der Waals surface area contributed by atoms with Crippen molar-refractivity contribution in [1.29, 1.82) is 0 Å². The first-order valence-electron chi connectivity index (χ1n) is 11.9. The second-order valence-corrected chi connectivity index (χ2v) is 8.00. The van der Waals surface area contributed by atoms with Gasteiger partial charge in [0.15, 0.2) is 0 Å². The molecule has 35 heavy (non-hydrogen) atoms. The maximum Gasteiger partial charge on any atom is 0.338 e. The molecule has 0 saturated carbocycles. The van der Waals surface area contributed by atoms with Crippen molar-refractivity contribution in [3.05, 3.63) is 84.2 Å². The van der Waals surface area contributed by atoms with Crippen LogP contribution in [-0.2, 0) is 9.47 Å². The van der Waals surface area contributed by atoms with E-state index >= 15 is 0 Å². The lowest BCUT2D eigenvalue weighted by molar-refractivity contribution is -0.496. The standard InChI is InChI=1S/C29H30N2O4/c1-4-15-33-16-17-34-29(32)23-10-8-7-9-22(23)28-24-13-11-20(30-5-2)18-26(24)35-27-19-21(31-6-3)12-14-25(27)28/h4,7-14,18-19,30H,1,5-6,15-17H2,2-3H3/p+1. The van der Waals surface area contributed by atoms with E-state index in [0.29, 0.717) is 18.8 Å². The molecule has 0 fully saturated rings. The maximum atomic E-state index is 13.1. The number of nitrogens with one attached hydrogen (secondary N) is 2. The number of ether oxygens (including phenoxy) is 2. The van der Waals surface area contributed by atoms with Crippen LogP contribution < -0.4 is 15.7 Å². The molecule has 1 aliphatic carbocycles. The molecule has 0 spiro atoms. The lowest BCUT2D eigenvalue weighted by Gasteiger charge is -2.18. The molecule has 2 aromatic carbocycles. The van der Waals surface area contributed by atoms with Crippen molar-refractivity contribution < 1.29 is 23.7 Å². The minimum atomic E-state index is -0.390. The Bertz CT molecular complexity index is 1370. The van der Waals surface area contributed by atoms with Gasteiger partial charge in [0.2, 0.25) is 5.36 Å². The average molecular weight is 472 g/mol. The fourth-order valence-corrected chi connectivity index (χ4v) is 4.13. The molecule has 0 atom stereocenters. The highest BCUT2D eigenvalue weighted by molar-refractivity contribution is 6.08. The van der Waals surface area contributed by atoms with E-state index in [1.165, 1.54) is 0 Å². The van der Waals surface area contributed by atoms with Gasteiger partial charge < -0.3 is 19.2 Å². The Kier molecular flexibility index (Phi) is 7.95. The Balaban J connectivity index is 1.87. The van der Waals surface area contributed by atoms with Gasteiger partial charge in [0.05, 0.1) is 24.8 Å². The van der Waals surface area contributed by atoms with Crippen LogP contribution in [0.15, 0.2) is 77.7 Å². The molecular formula is C29H31N2O4+. The molecule has 0 unspecified atom stereocenters. The zero-order valence-electron chi connectivity index (χ0n) is 20.2. The summed E-state index contributed by atoms with van der Waals surface area (Å²) in [4.78, 5) is 16.4. The van der Waals surface area contributed by atoms with Crippen LogP contribution in [-0.4, -0.2) is 38.9 Å². The van der Waals surface area contributed by atoms with Crippen molar-refractivity contribution >= 4 is 22.6 Å². The summed E-state index contributed by atoms with van der Waals surface area (Å²) >= 11 is 0. The van der Waals surface area contributed by atoms with E-state index < -0.39 is 5.97 Å². The molecule has 6 heteroatoms. The number of rotatable bonds is 10. The van der Waals surface area contributed by atoms with E-state index in [1.54, 1.807) is 12.1 Å². The molecular weight excluding hydrogens is 440 g/mol. The van der Waals surface area contributed by atoms with Crippen molar-refractivity contribution in [3.63, 3.8) is 0 Å². The Labute approximate surface area is 205 Å². The maximum absolute atomic E-state index is 13.1. The second kappa shape index (κ2) is 11.5. The normalized spacial score (nSPS) is 11.7. The summed E-state index contributed by atoms with van der Waals surface area (Å²) in [6.45, 7) is 10.3. The number of anilines is 1. The zero-order chi connectivity index (χ0) is 24.6. The topological polar surface area (TPSA) is 74.7 Å². The van der Waals surface area contributed by atoms with E-state index in [2.05, 4.69) is 30.7 Å². The van der Waals surface area contributed by atoms with Crippen LogP contribution >= 0.6 is 0 Å². The number of fused-ring (bicyclic) bond motifs is 2. The van der Waals surface area contributed by atoms with E-state index in [-0.39, 0.29) is 6.61 Å². The fraction of sp³-hybridized carbons (Fsp3) is 0.241. The van der Waals surface area contributed by atoms with Gasteiger partial charge in [-0.2, -0.15) is 0 Å². The highest BCUT2D eigenvalue weighted by Crippen LogP contribution is 2.41. The summed E-state index contributed by atoms with van der Waals surface area (Å²) in [5.74, 6) is 0.346. The highest BCUT2D eigenvalue weighted by atomic mass is 16.6. The number of hydrogen-bond acceptors (Lipinski definition) is 5. The largest absolute Gasteiger partial charge is 0.460 e. The molecule has 2 aliphatic rings. The van der Waals surface area contributed by atoms with Gasteiger partial charge in [-0.25, -0.2) is 9.79 Å². The van der Waals surface area contributed by atoms with Crippen LogP contribution in [0.3, 0.4) is 0 Å². The van der Waals surface area contributed by atoms with Crippen molar-refractivity contribution in [2.45, 2.75) is 13.8 Å². The van der Waals surface area contributed by atoms with Gasteiger partial charge in [0.1, 0.15) is 24.5 Å². The molecule has 1 aliphatic heterocycles. The fourth-order valence-electron chi connectivity index (χ4n) is 4.13. The minimum Gasteiger partial charge on any atom is -0.460 e. The van der Waals surface area contributed by atoms with Crippen molar-refractivity contribution in [2.24, 2.45) is 0 Å². The number of benzene rings is 3. The van der Waals surface area contributed by atoms with Gasteiger partial charge in [0, 0.05) is 40.9 Å². The quantitative estimate of drug-likeness (QED) is 0.158. The molecule has 2 N–H and O–H groups in total. The van der Waals surface area contributed by atoms with Crippen LogP contribution in [0, 0.1) is 0 Å². The van der Waals surface area contributed by atoms with Crippen LogP contribution in [0.1, 0.15) is 24.2 Å². The second-order valence-electron chi connectivity index (χ2n) is 8.00. The third kappa shape index (κ3) is 5.44. The molecule has 0 radical (unpaired) electrons. The molecule has 1 heterocycles. The van der Waals surface area contributed by atoms with Crippen molar-refractivity contribution in [2.75, 3.05) is 38.2 Å².